The van der Waals surface area contributed by atoms with Crippen molar-refractivity contribution in [2.45, 2.75) is 17.3 Å². The van der Waals surface area contributed by atoms with Crippen LogP contribution in [0.5, 0.6) is 0 Å². The highest BCUT2D eigenvalue weighted by Crippen LogP contribution is 2.20. The van der Waals surface area contributed by atoms with E-state index in [0.29, 0.717) is 5.75 Å². The SMILES string of the molecule is Cc1ccc([S+](C)CC=C(F)F)cc1.O=S(=O)([O-])C(F)(F)F. The highest BCUT2D eigenvalue weighted by Gasteiger charge is 2.36. The Balaban J connectivity index is 0.000000472. The van der Waals surface area contributed by atoms with Gasteiger partial charge in [-0.1, -0.05) is 17.7 Å². The number of aryl methyl sites for hydroxylation is 1. The smallest absolute Gasteiger partial charge is 0.485 e. The summed E-state index contributed by atoms with van der Waals surface area (Å²) in [7, 11) is -6.21. The number of alkyl halides is 3. The van der Waals surface area contributed by atoms with Gasteiger partial charge in [0.25, 0.3) is 6.08 Å². The van der Waals surface area contributed by atoms with Gasteiger partial charge in [0.1, 0.15) is 12.0 Å². The summed E-state index contributed by atoms with van der Waals surface area (Å²) in [5, 5.41) is 0. The summed E-state index contributed by atoms with van der Waals surface area (Å²) in [6.45, 7) is 2.01. The average molecular weight is 364 g/mol. The molecule has 22 heavy (non-hydrogen) atoms. The largest absolute Gasteiger partial charge is 0.741 e. The lowest BCUT2D eigenvalue weighted by atomic mass is 10.2. The topological polar surface area (TPSA) is 57.2 Å². The highest BCUT2D eigenvalue weighted by atomic mass is 32.2. The van der Waals surface area contributed by atoms with Crippen LogP contribution in [0, 0.1) is 6.92 Å². The van der Waals surface area contributed by atoms with Crippen LogP contribution in [0.4, 0.5) is 22.0 Å². The number of hydrogen-bond donors (Lipinski definition) is 0. The van der Waals surface area contributed by atoms with Crippen molar-refractivity contribution in [1.29, 1.82) is 0 Å². The highest BCUT2D eigenvalue weighted by molar-refractivity contribution is 7.96. The minimum absolute atomic E-state index is 0.119. The molecule has 0 aromatic heterocycles. The fraction of sp³-hybridized carbons (Fsp3) is 0.333. The van der Waals surface area contributed by atoms with Crippen LogP contribution in [0.1, 0.15) is 5.56 Å². The Morgan fingerprint density at radius 2 is 1.64 bits per heavy atom. The van der Waals surface area contributed by atoms with Crippen LogP contribution < -0.4 is 0 Å². The molecule has 0 spiro atoms. The van der Waals surface area contributed by atoms with E-state index < -0.39 is 21.7 Å². The minimum atomic E-state index is -6.09. The molecule has 1 atom stereocenters. The van der Waals surface area contributed by atoms with Crippen LogP contribution in [0.2, 0.25) is 0 Å². The molecule has 0 N–H and O–H groups in total. The second-order valence-electron chi connectivity index (χ2n) is 4.01. The molecular weight excluding hydrogens is 351 g/mol. The van der Waals surface area contributed by atoms with Gasteiger partial charge in [0, 0.05) is 17.0 Å². The molecule has 1 rings (SSSR count). The molecular formula is C12H13F5O3S2. The van der Waals surface area contributed by atoms with Crippen LogP contribution in [0.25, 0.3) is 0 Å². The first kappa shape index (κ1) is 20.9. The Morgan fingerprint density at radius 1 is 1.23 bits per heavy atom. The second-order valence-corrected chi connectivity index (χ2v) is 7.46. The molecule has 0 heterocycles. The van der Waals surface area contributed by atoms with Crippen LogP contribution in [-0.4, -0.2) is 30.5 Å². The maximum absolute atomic E-state index is 11.8. The number of benzene rings is 1. The van der Waals surface area contributed by atoms with Crippen molar-refractivity contribution >= 4 is 21.0 Å². The van der Waals surface area contributed by atoms with Gasteiger partial charge >= 0.3 is 5.51 Å². The van der Waals surface area contributed by atoms with Crippen LogP contribution in [0.15, 0.2) is 41.3 Å². The first-order valence-corrected chi connectivity index (χ1v) is 8.78. The van der Waals surface area contributed by atoms with E-state index in [-0.39, 0.29) is 10.9 Å². The molecule has 126 valence electrons. The van der Waals surface area contributed by atoms with Gasteiger partial charge in [-0.25, -0.2) is 8.42 Å². The molecule has 1 unspecified atom stereocenters. The summed E-state index contributed by atoms with van der Waals surface area (Å²) in [6.07, 6.45) is 1.38. The summed E-state index contributed by atoms with van der Waals surface area (Å²) in [5.74, 6) is 0.422. The molecule has 0 amide bonds. The van der Waals surface area contributed by atoms with Gasteiger partial charge in [-0.15, -0.1) is 0 Å². The molecule has 10 heteroatoms. The Bertz CT molecular complexity index is 590. The normalized spacial score (nSPS) is 12.9. The Kier molecular flexibility index (Phi) is 8.05. The fourth-order valence-corrected chi connectivity index (χ4v) is 2.22. The van der Waals surface area contributed by atoms with Crippen molar-refractivity contribution in [3.63, 3.8) is 0 Å². The first-order chi connectivity index (χ1) is 9.84. The van der Waals surface area contributed by atoms with Crippen LogP contribution >= 0.6 is 0 Å². The molecule has 1 aromatic rings. The van der Waals surface area contributed by atoms with Gasteiger partial charge in [0.15, 0.2) is 15.0 Å². The lowest BCUT2D eigenvalue weighted by Crippen LogP contribution is -2.21. The van der Waals surface area contributed by atoms with E-state index in [1.807, 2.05) is 37.4 Å². The predicted molar refractivity (Wildman–Crippen MR) is 73.7 cm³/mol. The van der Waals surface area contributed by atoms with E-state index >= 15 is 0 Å². The Hall–Kier alpha value is -1.13. The molecule has 0 bridgehead atoms. The van der Waals surface area contributed by atoms with Crippen molar-refractivity contribution in [3.05, 3.63) is 42.0 Å². The summed E-state index contributed by atoms with van der Waals surface area (Å²) in [6, 6.07) is 8.02. The van der Waals surface area contributed by atoms with E-state index in [0.717, 1.165) is 11.0 Å². The van der Waals surface area contributed by atoms with E-state index in [1.165, 1.54) is 5.56 Å². The number of hydrogen-bond acceptors (Lipinski definition) is 3. The quantitative estimate of drug-likeness (QED) is 0.357. The summed E-state index contributed by atoms with van der Waals surface area (Å²) in [4.78, 5) is 1.13. The van der Waals surface area contributed by atoms with E-state index in [2.05, 4.69) is 0 Å². The van der Waals surface area contributed by atoms with Crippen molar-refractivity contribution in [2.24, 2.45) is 0 Å². The van der Waals surface area contributed by atoms with Gasteiger partial charge in [-0.2, -0.15) is 22.0 Å². The van der Waals surface area contributed by atoms with Gasteiger partial charge in [0.2, 0.25) is 0 Å². The first-order valence-electron chi connectivity index (χ1n) is 5.57. The van der Waals surface area contributed by atoms with Gasteiger partial charge in [-0.05, 0) is 19.1 Å². The average Bonchev–Trinajstić information content (AvgIpc) is 2.35. The molecule has 0 radical (unpaired) electrons. The zero-order chi connectivity index (χ0) is 17.6. The van der Waals surface area contributed by atoms with E-state index in [1.54, 1.807) is 0 Å². The second kappa shape index (κ2) is 8.49. The number of rotatable bonds is 3. The summed E-state index contributed by atoms with van der Waals surface area (Å²) < 4.78 is 82.6. The molecule has 0 aliphatic heterocycles. The van der Waals surface area contributed by atoms with Gasteiger partial charge < -0.3 is 4.55 Å². The van der Waals surface area contributed by atoms with Crippen molar-refractivity contribution in [1.82, 2.24) is 0 Å². The van der Waals surface area contributed by atoms with Gasteiger partial charge in [-0.3, -0.25) is 0 Å². The lowest BCUT2D eigenvalue weighted by molar-refractivity contribution is -0.0517. The minimum Gasteiger partial charge on any atom is -0.741 e. The Morgan fingerprint density at radius 3 is 1.95 bits per heavy atom. The van der Waals surface area contributed by atoms with Crippen molar-refractivity contribution in [2.75, 3.05) is 12.0 Å². The zero-order valence-electron chi connectivity index (χ0n) is 11.5. The van der Waals surface area contributed by atoms with Crippen LogP contribution in [-0.2, 0) is 21.0 Å². The molecule has 1 aromatic carbocycles. The van der Waals surface area contributed by atoms with Crippen molar-refractivity contribution < 1.29 is 34.9 Å². The maximum Gasteiger partial charge on any atom is 0.485 e. The molecule has 0 saturated carbocycles. The monoisotopic (exact) mass is 364 g/mol. The maximum atomic E-state index is 11.8. The summed E-state index contributed by atoms with van der Waals surface area (Å²) >= 11 is 0. The Labute approximate surface area is 127 Å². The standard InChI is InChI=1S/C11H13F2S.CHF3O3S/c1-9-3-5-10(6-4-9)14(2)8-7-11(12)13;2-1(3,4)8(5,6)7/h3-7H,8H2,1-2H3;(H,5,6,7)/q+1;/p-1. The third-order valence-electron chi connectivity index (χ3n) is 2.19. The van der Waals surface area contributed by atoms with Gasteiger partial charge in [0.05, 0.1) is 0 Å². The molecule has 0 aliphatic rings. The van der Waals surface area contributed by atoms with E-state index in [4.69, 9.17) is 13.0 Å². The number of halogens is 5. The third kappa shape index (κ3) is 8.35. The zero-order valence-corrected chi connectivity index (χ0v) is 13.2. The third-order valence-corrected chi connectivity index (χ3v) is 4.50. The molecule has 3 nitrogen and oxygen atoms in total. The molecule has 0 aliphatic carbocycles. The fourth-order valence-electron chi connectivity index (χ4n) is 1.05. The lowest BCUT2D eigenvalue weighted by Gasteiger charge is -2.08. The molecule has 0 fully saturated rings. The van der Waals surface area contributed by atoms with Crippen LogP contribution in [0.3, 0.4) is 0 Å². The van der Waals surface area contributed by atoms with E-state index in [9.17, 15) is 22.0 Å². The summed E-state index contributed by atoms with van der Waals surface area (Å²) in [5.41, 5.74) is -4.45. The predicted octanol–water partition coefficient (Wildman–Crippen LogP) is 3.43. The van der Waals surface area contributed by atoms with Crippen molar-refractivity contribution in [3.8, 4) is 0 Å². The molecule has 0 saturated heterocycles.